The van der Waals surface area contributed by atoms with Crippen LogP contribution in [0.15, 0.2) is 12.1 Å². The van der Waals surface area contributed by atoms with Gasteiger partial charge in [-0.1, -0.05) is 0 Å². The van der Waals surface area contributed by atoms with Crippen LogP contribution in [-0.4, -0.2) is 30.6 Å². The Balaban J connectivity index is 2.32. The van der Waals surface area contributed by atoms with Gasteiger partial charge in [-0.05, 0) is 18.6 Å². The number of nitrogens with zero attached hydrogens (tertiary/aromatic N) is 1. The lowest BCUT2D eigenvalue weighted by Crippen LogP contribution is -2.13. The summed E-state index contributed by atoms with van der Waals surface area (Å²) in [7, 11) is 1.28. The van der Waals surface area contributed by atoms with Gasteiger partial charge in [0.05, 0.1) is 12.0 Å². The van der Waals surface area contributed by atoms with Crippen LogP contribution in [0.25, 0.3) is 10.2 Å². The molecule has 0 saturated carbocycles. The number of methoxy groups -OCH3 is 1. The first-order valence-corrected chi connectivity index (χ1v) is 6.23. The molecular formula is C12H12N2O4S. The molecule has 0 aromatic carbocycles. The minimum Gasteiger partial charge on any atom is -0.466 e. The fourth-order valence-electron chi connectivity index (χ4n) is 1.53. The Morgan fingerprint density at radius 3 is 2.79 bits per heavy atom. The van der Waals surface area contributed by atoms with E-state index < -0.39 is 11.9 Å². The van der Waals surface area contributed by atoms with E-state index in [0.717, 1.165) is 10.9 Å². The van der Waals surface area contributed by atoms with Crippen molar-refractivity contribution in [2.45, 2.75) is 6.92 Å². The topological polar surface area (TPSA) is 91.5 Å². The zero-order chi connectivity index (χ0) is 14.0. The zero-order valence-electron chi connectivity index (χ0n) is 10.4. The van der Waals surface area contributed by atoms with Crippen LogP contribution in [0.5, 0.6) is 5.88 Å². The van der Waals surface area contributed by atoms with Crippen LogP contribution in [0.1, 0.15) is 15.2 Å². The number of pyridine rings is 1. The number of hydrogen-bond donors (Lipinski definition) is 1. The van der Waals surface area contributed by atoms with Crippen molar-refractivity contribution in [2.75, 3.05) is 13.7 Å². The summed E-state index contributed by atoms with van der Waals surface area (Å²) in [6.45, 7) is 1.66. The predicted molar refractivity (Wildman–Crippen MR) is 70.4 cm³/mol. The van der Waals surface area contributed by atoms with Crippen molar-refractivity contribution >= 4 is 33.4 Å². The molecule has 0 saturated heterocycles. The van der Waals surface area contributed by atoms with Crippen molar-refractivity contribution in [3.05, 3.63) is 22.6 Å². The number of carbonyl (C=O) groups excluding carboxylic acids is 2. The maximum Gasteiger partial charge on any atom is 0.343 e. The van der Waals surface area contributed by atoms with E-state index in [1.54, 1.807) is 12.1 Å². The number of fused-ring (bicyclic) bond motifs is 1. The average molecular weight is 280 g/mol. The molecular weight excluding hydrogens is 268 g/mol. The third-order valence-corrected chi connectivity index (χ3v) is 3.54. The molecule has 2 N–H and O–H groups in total. The van der Waals surface area contributed by atoms with E-state index in [2.05, 4.69) is 9.72 Å². The van der Waals surface area contributed by atoms with Crippen LogP contribution in [0.4, 0.5) is 0 Å². The van der Waals surface area contributed by atoms with Crippen LogP contribution >= 0.6 is 11.3 Å². The predicted octanol–water partition coefficient (Wildman–Crippen LogP) is 1.26. The van der Waals surface area contributed by atoms with Gasteiger partial charge < -0.3 is 15.2 Å². The Morgan fingerprint density at radius 2 is 2.16 bits per heavy atom. The molecule has 100 valence electrons. The third-order valence-electron chi connectivity index (χ3n) is 2.50. The van der Waals surface area contributed by atoms with E-state index in [-0.39, 0.29) is 6.61 Å². The molecule has 1 amide bonds. The molecule has 0 spiro atoms. The van der Waals surface area contributed by atoms with Crippen LogP contribution in [0.3, 0.4) is 0 Å². The highest BCUT2D eigenvalue weighted by atomic mass is 32.1. The van der Waals surface area contributed by atoms with Crippen molar-refractivity contribution in [1.29, 1.82) is 0 Å². The molecule has 19 heavy (non-hydrogen) atoms. The van der Waals surface area contributed by atoms with Gasteiger partial charge in [-0.15, -0.1) is 11.3 Å². The number of thiophene rings is 1. The minimum atomic E-state index is -0.487. The largest absolute Gasteiger partial charge is 0.466 e. The second-order valence-corrected chi connectivity index (χ2v) is 4.87. The molecule has 2 aromatic rings. The molecule has 2 rings (SSSR count). The Morgan fingerprint density at radius 1 is 1.42 bits per heavy atom. The zero-order valence-corrected chi connectivity index (χ0v) is 11.2. The van der Waals surface area contributed by atoms with Gasteiger partial charge in [0.1, 0.15) is 4.83 Å². The van der Waals surface area contributed by atoms with Crippen molar-refractivity contribution < 1.29 is 19.1 Å². The Bertz CT molecular complexity index is 650. The first-order valence-electron chi connectivity index (χ1n) is 5.42. The van der Waals surface area contributed by atoms with E-state index in [4.69, 9.17) is 10.5 Å². The quantitative estimate of drug-likeness (QED) is 0.851. The number of rotatable bonds is 4. The summed E-state index contributed by atoms with van der Waals surface area (Å²) in [5, 5.41) is 0.851. The van der Waals surface area contributed by atoms with Gasteiger partial charge in [-0.25, -0.2) is 9.78 Å². The van der Waals surface area contributed by atoms with E-state index in [1.165, 1.54) is 18.4 Å². The monoisotopic (exact) mass is 280 g/mol. The maximum atomic E-state index is 11.1. The molecule has 0 aliphatic carbocycles. The van der Waals surface area contributed by atoms with Gasteiger partial charge in [0.2, 0.25) is 5.88 Å². The summed E-state index contributed by atoms with van der Waals surface area (Å²) in [4.78, 5) is 27.4. The standard InChI is InChI=1S/C12H12N2O4S/c1-6-3-9(18-5-10(15)17-2)14-12-7(6)4-8(19-12)11(13)16/h3-4H,5H2,1-2H3,(H2,13,16). The molecule has 2 aromatic heterocycles. The summed E-state index contributed by atoms with van der Waals surface area (Å²) >= 11 is 1.19. The summed E-state index contributed by atoms with van der Waals surface area (Å²) in [6, 6.07) is 3.40. The third kappa shape index (κ3) is 2.82. The number of esters is 1. The van der Waals surface area contributed by atoms with Gasteiger partial charge in [0.25, 0.3) is 5.91 Å². The Kier molecular flexibility index (Phi) is 3.66. The first kappa shape index (κ1) is 13.3. The van der Waals surface area contributed by atoms with Crippen molar-refractivity contribution in [3.63, 3.8) is 0 Å². The lowest BCUT2D eigenvalue weighted by molar-refractivity contribution is -0.143. The number of aromatic nitrogens is 1. The first-order chi connectivity index (χ1) is 9.01. The second-order valence-electron chi connectivity index (χ2n) is 3.84. The van der Waals surface area contributed by atoms with Crippen LogP contribution in [0.2, 0.25) is 0 Å². The molecule has 0 atom stereocenters. The fourth-order valence-corrected chi connectivity index (χ4v) is 2.48. The van der Waals surface area contributed by atoms with Crippen LogP contribution in [-0.2, 0) is 9.53 Å². The van der Waals surface area contributed by atoms with E-state index in [0.29, 0.717) is 15.6 Å². The fraction of sp³-hybridized carbons (Fsp3) is 0.250. The molecule has 0 bridgehead atoms. The van der Waals surface area contributed by atoms with Crippen LogP contribution < -0.4 is 10.5 Å². The van der Waals surface area contributed by atoms with Gasteiger partial charge in [-0.2, -0.15) is 0 Å². The van der Waals surface area contributed by atoms with E-state index in [1.807, 2.05) is 6.92 Å². The Labute approximate surface area is 113 Å². The summed E-state index contributed by atoms with van der Waals surface area (Å²) in [5.74, 6) is -0.656. The van der Waals surface area contributed by atoms with Gasteiger partial charge in [-0.3, -0.25) is 4.79 Å². The number of primary amides is 1. The van der Waals surface area contributed by atoms with Gasteiger partial charge >= 0.3 is 5.97 Å². The smallest absolute Gasteiger partial charge is 0.343 e. The maximum absolute atomic E-state index is 11.1. The van der Waals surface area contributed by atoms with Crippen molar-refractivity contribution in [1.82, 2.24) is 4.98 Å². The summed E-state index contributed by atoms with van der Waals surface area (Å²) in [5.41, 5.74) is 6.13. The average Bonchev–Trinajstić information content (AvgIpc) is 2.80. The number of aryl methyl sites for hydroxylation is 1. The van der Waals surface area contributed by atoms with Gasteiger partial charge in [0, 0.05) is 11.5 Å². The lowest BCUT2D eigenvalue weighted by Gasteiger charge is -2.05. The molecule has 0 radical (unpaired) electrons. The number of ether oxygens (including phenoxy) is 2. The molecule has 0 unspecified atom stereocenters. The van der Waals surface area contributed by atoms with Crippen molar-refractivity contribution in [3.8, 4) is 5.88 Å². The number of hydrogen-bond acceptors (Lipinski definition) is 6. The molecule has 2 heterocycles. The van der Waals surface area contributed by atoms with E-state index >= 15 is 0 Å². The Hall–Kier alpha value is -2.15. The summed E-state index contributed by atoms with van der Waals surface area (Å²) in [6.07, 6.45) is 0. The molecule has 7 heteroatoms. The van der Waals surface area contributed by atoms with E-state index in [9.17, 15) is 9.59 Å². The highest BCUT2D eigenvalue weighted by Crippen LogP contribution is 2.29. The van der Waals surface area contributed by atoms with Crippen molar-refractivity contribution in [2.24, 2.45) is 5.73 Å². The minimum absolute atomic E-state index is 0.206. The SMILES string of the molecule is COC(=O)COc1cc(C)c2cc(C(N)=O)sc2n1. The number of amides is 1. The number of carbonyl (C=O) groups is 2. The molecule has 0 fully saturated rings. The second kappa shape index (κ2) is 5.23. The lowest BCUT2D eigenvalue weighted by atomic mass is 10.2. The molecule has 0 aliphatic rings. The molecule has 0 aliphatic heterocycles. The highest BCUT2D eigenvalue weighted by Gasteiger charge is 2.12. The normalized spacial score (nSPS) is 10.4. The molecule has 6 nitrogen and oxygen atoms in total. The van der Waals surface area contributed by atoms with Crippen LogP contribution in [0, 0.1) is 6.92 Å². The van der Waals surface area contributed by atoms with Gasteiger partial charge in [0.15, 0.2) is 6.61 Å². The highest BCUT2D eigenvalue weighted by molar-refractivity contribution is 7.20. The number of nitrogens with two attached hydrogens (primary N) is 1. The summed E-state index contributed by atoms with van der Waals surface area (Å²) < 4.78 is 9.70.